The first-order valence-corrected chi connectivity index (χ1v) is 11.8. The van der Waals surface area contributed by atoms with Crippen LogP contribution in [0.25, 0.3) is 10.1 Å². The standard InChI is InChI=1S/C23H29N5O2S/c1-25-11-7-18-21(25)19(29)8-12-28(23(18)30)10-4-9-26-13-15-27(16-14-26)22-17-5-2-3-6-20(17)31-24-22/h2-3,5-7,11,19,29H,4,8-10,12-16H2,1H3. The SMILES string of the molecule is Cn1ccc2c1C(O)CCN(CCCN1CCN(c3nsc4ccccc34)CC1)C2=O. The molecular weight excluding hydrogens is 410 g/mol. The highest BCUT2D eigenvalue weighted by Gasteiger charge is 2.29. The highest BCUT2D eigenvalue weighted by atomic mass is 32.1. The number of benzene rings is 1. The van der Waals surface area contributed by atoms with Crippen molar-refractivity contribution in [2.24, 2.45) is 7.05 Å². The minimum Gasteiger partial charge on any atom is -0.387 e. The van der Waals surface area contributed by atoms with Crippen LogP contribution in [0.3, 0.4) is 0 Å². The molecule has 0 saturated carbocycles. The minimum atomic E-state index is -0.571. The van der Waals surface area contributed by atoms with Gasteiger partial charge in [-0.05, 0) is 49.1 Å². The quantitative estimate of drug-likeness (QED) is 0.662. The molecule has 164 valence electrons. The highest BCUT2D eigenvalue weighted by molar-refractivity contribution is 7.13. The molecule has 5 rings (SSSR count). The molecule has 0 radical (unpaired) electrons. The van der Waals surface area contributed by atoms with Crippen molar-refractivity contribution in [1.29, 1.82) is 0 Å². The third-order valence-electron chi connectivity index (χ3n) is 6.56. The third kappa shape index (κ3) is 3.95. The number of aryl methyl sites for hydroxylation is 1. The second-order valence-corrected chi connectivity index (χ2v) is 9.31. The molecule has 0 spiro atoms. The van der Waals surface area contributed by atoms with Crippen LogP contribution in [-0.4, -0.2) is 75.6 Å². The first-order valence-electron chi connectivity index (χ1n) is 11.1. The van der Waals surface area contributed by atoms with E-state index in [4.69, 9.17) is 4.37 Å². The minimum absolute atomic E-state index is 0.0485. The van der Waals surface area contributed by atoms with E-state index in [1.807, 2.05) is 28.8 Å². The molecule has 1 amide bonds. The molecule has 31 heavy (non-hydrogen) atoms. The van der Waals surface area contributed by atoms with Crippen molar-refractivity contribution in [3.05, 3.63) is 47.8 Å². The Hall–Kier alpha value is -2.42. The van der Waals surface area contributed by atoms with Crippen LogP contribution >= 0.6 is 11.5 Å². The van der Waals surface area contributed by atoms with Gasteiger partial charge in [-0.3, -0.25) is 9.69 Å². The topological polar surface area (TPSA) is 64.8 Å². The van der Waals surface area contributed by atoms with E-state index in [0.29, 0.717) is 18.5 Å². The fourth-order valence-corrected chi connectivity index (χ4v) is 5.60. The van der Waals surface area contributed by atoms with E-state index in [0.717, 1.165) is 57.2 Å². The Balaban J connectivity index is 1.13. The number of fused-ring (bicyclic) bond motifs is 2. The molecule has 0 aliphatic carbocycles. The number of nitrogens with zero attached hydrogens (tertiary/aromatic N) is 5. The molecule has 2 aliphatic heterocycles. The first kappa shape index (κ1) is 20.5. The van der Waals surface area contributed by atoms with E-state index in [-0.39, 0.29) is 5.91 Å². The maximum atomic E-state index is 12.9. The zero-order valence-corrected chi connectivity index (χ0v) is 18.7. The Bertz CT molecular complexity index is 1070. The monoisotopic (exact) mass is 439 g/mol. The number of carbonyl (C=O) groups excluding carboxylic acids is 1. The lowest BCUT2D eigenvalue weighted by molar-refractivity contribution is 0.0738. The van der Waals surface area contributed by atoms with E-state index in [1.165, 1.54) is 10.1 Å². The van der Waals surface area contributed by atoms with Crippen molar-refractivity contribution in [2.45, 2.75) is 18.9 Å². The maximum absolute atomic E-state index is 12.9. The van der Waals surface area contributed by atoms with Crippen LogP contribution in [0.15, 0.2) is 36.5 Å². The van der Waals surface area contributed by atoms with E-state index >= 15 is 0 Å². The van der Waals surface area contributed by atoms with Gasteiger partial charge in [0.25, 0.3) is 5.91 Å². The summed E-state index contributed by atoms with van der Waals surface area (Å²) in [5, 5.41) is 11.7. The summed E-state index contributed by atoms with van der Waals surface area (Å²) in [6.07, 6.45) is 2.83. The summed E-state index contributed by atoms with van der Waals surface area (Å²) in [7, 11) is 1.89. The first-order chi connectivity index (χ1) is 15.1. The van der Waals surface area contributed by atoms with Gasteiger partial charge >= 0.3 is 0 Å². The van der Waals surface area contributed by atoms with Crippen molar-refractivity contribution in [3.63, 3.8) is 0 Å². The zero-order valence-electron chi connectivity index (χ0n) is 17.9. The number of aromatic nitrogens is 2. The molecule has 1 saturated heterocycles. The lowest BCUT2D eigenvalue weighted by Crippen LogP contribution is -2.47. The van der Waals surface area contributed by atoms with Crippen LogP contribution in [0.5, 0.6) is 0 Å². The van der Waals surface area contributed by atoms with Gasteiger partial charge in [0.1, 0.15) is 5.82 Å². The van der Waals surface area contributed by atoms with Crippen LogP contribution in [0.4, 0.5) is 5.82 Å². The average molecular weight is 440 g/mol. The Kier molecular flexibility index (Phi) is 5.69. The predicted molar refractivity (Wildman–Crippen MR) is 124 cm³/mol. The summed E-state index contributed by atoms with van der Waals surface area (Å²) in [6.45, 7) is 6.32. The molecule has 0 bridgehead atoms. The number of carbonyl (C=O) groups is 1. The van der Waals surface area contributed by atoms with Crippen LogP contribution in [-0.2, 0) is 7.05 Å². The molecule has 4 heterocycles. The smallest absolute Gasteiger partial charge is 0.255 e. The number of hydrogen-bond acceptors (Lipinski definition) is 6. The number of piperazine rings is 1. The van der Waals surface area contributed by atoms with Crippen molar-refractivity contribution >= 4 is 33.3 Å². The maximum Gasteiger partial charge on any atom is 0.255 e. The van der Waals surface area contributed by atoms with Gasteiger partial charge in [-0.2, -0.15) is 4.37 Å². The number of rotatable bonds is 5. The van der Waals surface area contributed by atoms with Crippen LogP contribution in [0.1, 0.15) is 35.0 Å². The van der Waals surface area contributed by atoms with E-state index < -0.39 is 6.10 Å². The fraction of sp³-hybridized carbons (Fsp3) is 0.478. The van der Waals surface area contributed by atoms with Crippen molar-refractivity contribution in [1.82, 2.24) is 18.7 Å². The van der Waals surface area contributed by atoms with Crippen molar-refractivity contribution in [3.8, 4) is 0 Å². The average Bonchev–Trinajstić information content (AvgIpc) is 3.36. The van der Waals surface area contributed by atoms with Gasteiger partial charge in [0.2, 0.25) is 0 Å². The second-order valence-electron chi connectivity index (χ2n) is 8.51. The summed E-state index contributed by atoms with van der Waals surface area (Å²) >= 11 is 1.57. The Morgan fingerprint density at radius 1 is 1.10 bits per heavy atom. The molecule has 2 aromatic heterocycles. The predicted octanol–water partition coefficient (Wildman–Crippen LogP) is 2.73. The lowest BCUT2D eigenvalue weighted by Gasteiger charge is -2.35. The third-order valence-corrected chi connectivity index (χ3v) is 7.38. The molecule has 1 aromatic carbocycles. The van der Waals surface area contributed by atoms with Gasteiger partial charge in [-0.1, -0.05) is 12.1 Å². The summed E-state index contributed by atoms with van der Waals surface area (Å²) in [4.78, 5) is 19.7. The van der Waals surface area contributed by atoms with E-state index in [2.05, 4.69) is 34.1 Å². The Morgan fingerprint density at radius 3 is 2.74 bits per heavy atom. The van der Waals surface area contributed by atoms with Gasteiger partial charge in [0.15, 0.2) is 0 Å². The molecular formula is C23H29N5O2S. The van der Waals surface area contributed by atoms with Crippen LogP contribution in [0.2, 0.25) is 0 Å². The van der Waals surface area contributed by atoms with Crippen molar-refractivity contribution in [2.75, 3.05) is 50.7 Å². The van der Waals surface area contributed by atoms with Crippen LogP contribution in [0, 0.1) is 0 Å². The van der Waals surface area contributed by atoms with Gasteiger partial charge in [-0.15, -0.1) is 0 Å². The van der Waals surface area contributed by atoms with Gasteiger partial charge in [0.05, 0.1) is 22.1 Å². The number of hydrogen-bond donors (Lipinski definition) is 1. The largest absolute Gasteiger partial charge is 0.387 e. The molecule has 3 aromatic rings. The van der Waals surface area contributed by atoms with Gasteiger partial charge in [0, 0.05) is 57.9 Å². The van der Waals surface area contributed by atoms with Crippen molar-refractivity contribution < 1.29 is 9.90 Å². The number of anilines is 1. The zero-order chi connectivity index (χ0) is 21.4. The molecule has 1 N–H and O–H groups in total. The van der Waals surface area contributed by atoms with E-state index in [1.54, 1.807) is 11.5 Å². The molecule has 1 atom stereocenters. The summed E-state index contributed by atoms with van der Waals surface area (Å²) in [5.74, 6) is 1.17. The fourth-order valence-electron chi connectivity index (χ4n) is 4.81. The normalized spacial score (nSPS) is 20.3. The van der Waals surface area contributed by atoms with Gasteiger partial charge in [-0.25, -0.2) is 0 Å². The van der Waals surface area contributed by atoms with Crippen LogP contribution < -0.4 is 4.90 Å². The molecule has 1 unspecified atom stereocenters. The molecule has 7 nitrogen and oxygen atoms in total. The lowest BCUT2D eigenvalue weighted by atomic mass is 10.1. The van der Waals surface area contributed by atoms with E-state index in [9.17, 15) is 9.90 Å². The number of aliphatic hydroxyl groups excluding tert-OH is 1. The Labute approximate surface area is 186 Å². The molecule has 1 fully saturated rings. The Morgan fingerprint density at radius 2 is 1.90 bits per heavy atom. The second kappa shape index (κ2) is 8.61. The summed E-state index contributed by atoms with van der Waals surface area (Å²) in [5.41, 5.74) is 1.40. The highest BCUT2D eigenvalue weighted by Crippen LogP contribution is 2.30. The molecule has 8 heteroatoms. The number of amides is 1. The number of aliphatic hydroxyl groups is 1. The summed E-state index contributed by atoms with van der Waals surface area (Å²) < 4.78 is 7.81. The van der Waals surface area contributed by atoms with Gasteiger partial charge < -0.3 is 19.5 Å². The summed E-state index contributed by atoms with van der Waals surface area (Å²) in [6, 6.07) is 10.3. The molecule has 2 aliphatic rings.